The number of halogens is 3. The lowest BCUT2D eigenvalue weighted by Gasteiger charge is -2.26. The number of hydrogen-bond donors (Lipinski definition) is 1. The van der Waals surface area contributed by atoms with Crippen molar-refractivity contribution in [2.45, 2.75) is 18.3 Å². The van der Waals surface area contributed by atoms with Crippen LogP contribution in [0.3, 0.4) is 0 Å². The van der Waals surface area contributed by atoms with Gasteiger partial charge in [-0.1, -0.05) is 23.4 Å². The largest absolute Gasteiger partial charge is 0.435 e. The van der Waals surface area contributed by atoms with E-state index < -0.39 is 6.61 Å². The minimum atomic E-state index is -2.90. The quantitative estimate of drug-likeness (QED) is 0.435. The lowest BCUT2D eigenvalue weighted by atomic mass is 10.3. The molecule has 180 valence electrons. The summed E-state index contributed by atoms with van der Waals surface area (Å²) in [5.41, 5.74) is 1.31. The SMILES string of the molecule is O=C(CSc1nnc(CN2CCOCC2)n1-c1ccc(Cl)cc1)Nc1ccc(OC(F)F)cc1. The van der Waals surface area contributed by atoms with Crippen LogP contribution in [0.2, 0.25) is 5.02 Å². The molecule has 0 spiro atoms. The van der Waals surface area contributed by atoms with Gasteiger partial charge in [-0.25, -0.2) is 0 Å². The zero-order chi connectivity index (χ0) is 23.9. The maximum Gasteiger partial charge on any atom is 0.387 e. The number of carbonyl (C=O) groups excluding carboxylic acids is 1. The molecule has 0 aliphatic carbocycles. The van der Waals surface area contributed by atoms with Crippen LogP contribution in [0.5, 0.6) is 5.75 Å². The van der Waals surface area contributed by atoms with E-state index in [1.54, 1.807) is 12.1 Å². The second-order valence-electron chi connectivity index (χ2n) is 7.34. The number of thioether (sulfide) groups is 1. The Morgan fingerprint density at radius 2 is 1.82 bits per heavy atom. The molecule has 1 saturated heterocycles. The second-order valence-corrected chi connectivity index (χ2v) is 8.72. The van der Waals surface area contributed by atoms with Crippen molar-refractivity contribution in [1.82, 2.24) is 19.7 Å². The van der Waals surface area contributed by atoms with E-state index in [1.807, 2.05) is 16.7 Å². The van der Waals surface area contributed by atoms with Crippen LogP contribution in [0.25, 0.3) is 5.69 Å². The molecule has 1 amide bonds. The molecule has 1 aliphatic rings. The number of hydrogen-bond acceptors (Lipinski definition) is 7. The fourth-order valence-electron chi connectivity index (χ4n) is 3.35. The molecule has 34 heavy (non-hydrogen) atoms. The number of amides is 1. The van der Waals surface area contributed by atoms with Crippen LogP contribution in [0.1, 0.15) is 5.82 Å². The van der Waals surface area contributed by atoms with Gasteiger partial charge in [0.15, 0.2) is 11.0 Å². The van der Waals surface area contributed by atoms with Crippen molar-refractivity contribution in [2.24, 2.45) is 0 Å². The van der Waals surface area contributed by atoms with Crippen LogP contribution < -0.4 is 10.1 Å². The van der Waals surface area contributed by atoms with Gasteiger partial charge in [0.2, 0.25) is 5.91 Å². The highest BCUT2D eigenvalue weighted by Gasteiger charge is 2.20. The van der Waals surface area contributed by atoms with Gasteiger partial charge in [0, 0.05) is 29.5 Å². The third kappa shape index (κ3) is 6.66. The van der Waals surface area contributed by atoms with Crippen molar-refractivity contribution >= 4 is 35.0 Å². The Labute approximate surface area is 204 Å². The minimum Gasteiger partial charge on any atom is -0.435 e. The average molecular weight is 510 g/mol. The molecular weight excluding hydrogens is 488 g/mol. The number of benzene rings is 2. The highest BCUT2D eigenvalue weighted by atomic mass is 35.5. The molecule has 0 saturated carbocycles. The summed E-state index contributed by atoms with van der Waals surface area (Å²) in [5, 5.41) is 12.6. The van der Waals surface area contributed by atoms with Crippen LogP contribution in [-0.2, 0) is 16.1 Å². The first kappa shape index (κ1) is 24.4. The maximum atomic E-state index is 12.5. The summed E-state index contributed by atoms with van der Waals surface area (Å²) in [5.74, 6) is 0.583. The molecule has 2 heterocycles. The molecule has 3 aromatic rings. The van der Waals surface area contributed by atoms with Crippen LogP contribution >= 0.6 is 23.4 Å². The molecule has 12 heteroatoms. The van der Waals surface area contributed by atoms with Gasteiger partial charge in [0.1, 0.15) is 5.75 Å². The summed E-state index contributed by atoms with van der Waals surface area (Å²) in [6, 6.07) is 13.1. The smallest absolute Gasteiger partial charge is 0.387 e. The van der Waals surface area contributed by atoms with E-state index >= 15 is 0 Å². The Hall–Kier alpha value is -2.73. The van der Waals surface area contributed by atoms with Gasteiger partial charge in [-0.2, -0.15) is 8.78 Å². The van der Waals surface area contributed by atoms with Crippen molar-refractivity contribution in [3.05, 3.63) is 59.4 Å². The van der Waals surface area contributed by atoms with Crippen molar-refractivity contribution < 1.29 is 23.0 Å². The number of ether oxygens (including phenoxy) is 2. The molecule has 0 unspecified atom stereocenters. The summed E-state index contributed by atoms with van der Waals surface area (Å²) in [6.45, 7) is 0.652. The summed E-state index contributed by atoms with van der Waals surface area (Å²) in [7, 11) is 0. The molecule has 0 atom stereocenters. The van der Waals surface area contributed by atoms with Gasteiger partial charge in [-0.3, -0.25) is 14.3 Å². The number of morpholine rings is 1. The summed E-state index contributed by atoms with van der Waals surface area (Å²) >= 11 is 7.30. The predicted molar refractivity (Wildman–Crippen MR) is 125 cm³/mol. The first-order chi connectivity index (χ1) is 16.5. The molecule has 0 radical (unpaired) electrons. The van der Waals surface area contributed by atoms with Crippen molar-refractivity contribution in [2.75, 3.05) is 37.4 Å². The third-order valence-electron chi connectivity index (χ3n) is 4.95. The monoisotopic (exact) mass is 509 g/mol. The molecular formula is C22H22ClF2N5O3S. The van der Waals surface area contributed by atoms with Crippen LogP contribution in [-0.4, -0.2) is 64.2 Å². The highest BCUT2D eigenvalue weighted by Crippen LogP contribution is 2.25. The normalized spacial score (nSPS) is 14.4. The van der Waals surface area contributed by atoms with Gasteiger partial charge < -0.3 is 14.8 Å². The van der Waals surface area contributed by atoms with E-state index in [2.05, 4.69) is 25.2 Å². The topological polar surface area (TPSA) is 81.5 Å². The number of anilines is 1. The Bertz CT molecular complexity index is 1090. The zero-order valence-electron chi connectivity index (χ0n) is 18.0. The molecule has 0 bridgehead atoms. The van der Waals surface area contributed by atoms with Crippen molar-refractivity contribution in [3.8, 4) is 11.4 Å². The standard InChI is InChI=1S/C22H22ClF2N5O3S/c23-15-1-5-17(6-2-15)30-19(13-29-9-11-32-12-10-29)27-28-22(30)34-14-20(31)26-16-3-7-18(8-4-16)33-21(24)25/h1-8,21H,9-14H2,(H,26,31). The van der Waals surface area contributed by atoms with Gasteiger partial charge in [-0.15, -0.1) is 10.2 Å². The van der Waals surface area contributed by atoms with E-state index in [4.69, 9.17) is 16.3 Å². The molecule has 2 aromatic carbocycles. The summed E-state index contributed by atoms with van der Waals surface area (Å²) in [6.07, 6.45) is 0. The van der Waals surface area contributed by atoms with E-state index in [9.17, 15) is 13.6 Å². The summed E-state index contributed by atoms with van der Waals surface area (Å²) < 4.78 is 36.2. The van der Waals surface area contributed by atoms with E-state index in [0.29, 0.717) is 35.6 Å². The Morgan fingerprint density at radius 3 is 2.50 bits per heavy atom. The van der Waals surface area contributed by atoms with Gasteiger partial charge in [0.05, 0.1) is 25.5 Å². The Balaban J connectivity index is 1.44. The van der Waals surface area contributed by atoms with E-state index in [-0.39, 0.29) is 17.4 Å². The second kappa shape index (κ2) is 11.6. The fourth-order valence-corrected chi connectivity index (χ4v) is 4.25. The lowest BCUT2D eigenvalue weighted by molar-refractivity contribution is -0.113. The Kier molecular flexibility index (Phi) is 8.33. The van der Waals surface area contributed by atoms with E-state index in [0.717, 1.165) is 24.6 Å². The van der Waals surface area contributed by atoms with Crippen LogP contribution in [0, 0.1) is 0 Å². The summed E-state index contributed by atoms with van der Waals surface area (Å²) in [4.78, 5) is 14.7. The molecule has 8 nitrogen and oxygen atoms in total. The van der Waals surface area contributed by atoms with Crippen molar-refractivity contribution in [1.29, 1.82) is 0 Å². The molecule has 4 rings (SSSR count). The highest BCUT2D eigenvalue weighted by molar-refractivity contribution is 7.99. The number of carbonyl (C=O) groups is 1. The number of alkyl halides is 2. The van der Waals surface area contributed by atoms with Crippen molar-refractivity contribution in [3.63, 3.8) is 0 Å². The van der Waals surface area contributed by atoms with Gasteiger partial charge in [0.25, 0.3) is 0 Å². The van der Waals surface area contributed by atoms with Crippen LogP contribution in [0.4, 0.5) is 14.5 Å². The molecule has 1 fully saturated rings. The molecule has 1 aromatic heterocycles. The first-order valence-corrected chi connectivity index (χ1v) is 11.8. The van der Waals surface area contributed by atoms with Gasteiger partial charge >= 0.3 is 6.61 Å². The third-order valence-corrected chi connectivity index (χ3v) is 6.13. The fraction of sp³-hybridized carbons (Fsp3) is 0.318. The van der Waals surface area contributed by atoms with E-state index in [1.165, 1.54) is 36.0 Å². The predicted octanol–water partition coefficient (Wildman–Crippen LogP) is 4.09. The van der Waals surface area contributed by atoms with Crippen LogP contribution in [0.15, 0.2) is 53.7 Å². The number of nitrogens with zero attached hydrogens (tertiary/aromatic N) is 4. The number of rotatable bonds is 9. The first-order valence-electron chi connectivity index (χ1n) is 10.5. The van der Waals surface area contributed by atoms with Gasteiger partial charge in [-0.05, 0) is 48.5 Å². The number of aromatic nitrogens is 3. The maximum absolute atomic E-state index is 12.5. The zero-order valence-corrected chi connectivity index (χ0v) is 19.6. The number of nitrogens with one attached hydrogen (secondary N) is 1. The average Bonchev–Trinajstić information content (AvgIpc) is 3.22. The Morgan fingerprint density at radius 1 is 1.12 bits per heavy atom. The molecule has 1 N–H and O–H groups in total. The lowest BCUT2D eigenvalue weighted by Crippen LogP contribution is -2.36. The minimum absolute atomic E-state index is 0.0197. The molecule has 1 aliphatic heterocycles.